The molecule has 168 valence electrons. The van der Waals surface area contributed by atoms with Crippen molar-refractivity contribution in [3.63, 3.8) is 0 Å². The van der Waals surface area contributed by atoms with Crippen molar-refractivity contribution in [3.05, 3.63) is 76.7 Å². The van der Waals surface area contributed by atoms with Crippen LogP contribution in [-0.4, -0.2) is 35.1 Å². The highest BCUT2D eigenvalue weighted by molar-refractivity contribution is 8.18. The van der Waals surface area contributed by atoms with Crippen molar-refractivity contribution in [2.45, 2.75) is 13.5 Å². The largest absolute Gasteiger partial charge is 0.490 e. The number of primary amides is 1. The minimum Gasteiger partial charge on any atom is -0.490 e. The Labute approximate surface area is 195 Å². The average Bonchev–Trinajstić information content (AvgIpc) is 3.05. The molecule has 0 bridgehead atoms. The number of hydrogen-bond acceptors (Lipinski definition) is 6. The molecule has 0 aliphatic carbocycles. The summed E-state index contributed by atoms with van der Waals surface area (Å²) < 4.78 is 11.8. The van der Waals surface area contributed by atoms with E-state index in [1.165, 1.54) is 5.39 Å². The van der Waals surface area contributed by atoms with Gasteiger partial charge in [-0.2, -0.15) is 0 Å². The number of fused-ring (bicyclic) bond motifs is 1. The molecule has 4 rings (SSSR count). The maximum absolute atomic E-state index is 12.4. The normalized spacial score (nSPS) is 14.8. The summed E-state index contributed by atoms with van der Waals surface area (Å²) in [5.74, 6) is -0.184. The van der Waals surface area contributed by atoms with Gasteiger partial charge in [-0.1, -0.05) is 42.5 Å². The Balaban J connectivity index is 1.52. The molecule has 33 heavy (non-hydrogen) atoms. The number of amides is 3. The smallest absolute Gasteiger partial charge is 0.294 e. The van der Waals surface area contributed by atoms with Crippen LogP contribution in [0.2, 0.25) is 0 Å². The molecule has 0 atom stereocenters. The number of nitrogens with zero attached hydrogens (tertiary/aromatic N) is 1. The Morgan fingerprint density at radius 3 is 2.55 bits per heavy atom. The van der Waals surface area contributed by atoms with Crippen molar-refractivity contribution in [3.8, 4) is 11.5 Å². The van der Waals surface area contributed by atoms with Crippen LogP contribution in [0.1, 0.15) is 18.1 Å². The van der Waals surface area contributed by atoms with Crippen LogP contribution in [0.15, 0.2) is 65.6 Å². The first-order valence-electron chi connectivity index (χ1n) is 10.4. The van der Waals surface area contributed by atoms with Crippen LogP contribution in [0.25, 0.3) is 16.8 Å². The van der Waals surface area contributed by atoms with E-state index in [0.717, 1.165) is 27.6 Å². The van der Waals surface area contributed by atoms with Crippen molar-refractivity contribution in [2.75, 3.05) is 13.2 Å². The molecule has 1 aliphatic rings. The number of nitrogens with two attached hydrogens (primary N) is 1. The number of benzene rings is 3. The number of carbonyl (C=O) groups excluding carboxylic acids is 3. The Morgan fingerprint density at radius 2 is 1.79 bits per heavy atom. The summed E-state index contributed by atoms with van der Waals surface area (Å²) in [5.41, 5.74) is 6.82. The second-order valence-electron chi connectivity index (χ2n) is 7.34. The molecular formula is C25H22N2O5S. The zero-order chi connectivity index (χ0) is 23.4. The van der Waals surface area contributed by atoms with Gasteiger partial charge in [0.05, 0.1) is 11.5 Å². The van der Waals surface area contributed by atoms with Gasteiger partial charge >= 0.3 is 0 Å². The fourth-order valence-corrected chi connectivity index (χ4v) is 4.27. The highest BCUT2D eigenvalue weighted by Crippen LogP contribution is 2.35. The minimum absolute atomic E-state index is 0.216. The van der Waals surface area contributed by atoms with Gasteiger partial charge in [-0.15, -0.1) is 0 Å². The second kappa shape index (κ2) is 9.79. The topological polar surface area (TPSA) is 98.9 Å². The molecule has 3 aromatic carbocycles. The van der Waals surface area contributed by atoms with E-state index in [0.29, 0.717) is 30.3 Å². The monoisotopic (exact) mass is 462 g/mol. The van der Waals surface area contributed by atoms with Gasteiger partial charge in [-0.25, -0.2) is 0 Å². The first kappa shape index (κ1) is 22.4. The molecule has 0 unspecified atom stereocenters. The minimum atomic E-state index is -0.745. The first-order chi connectivity index (χ1) is 15.9. The number of thioether (sulfide) groups is 1. The summed E-state index contributed by atoms with van der Waals surface area (Å²) in [5, 5.41) is 1.79. The molecule has 0 saturated carbocycles. The molecule has 0 aromatic heterocycles. The molecule has 1 saturated heterocycles. The van der Waals surface area contributed by atoms with E-state index in [2.05, 4.69) is 24.3 Å². The standard InChI is InChI=1S/C25H22N2O5S/c1-2-31-21-12-16(13-22-24(29)27(14-23(26)28)25(30)33-22)8-10-20(21)32-15-17-7-9-18-5-3-4-6-19(18)11-17/h3-13H,2,14-15H2,1H3,(H2,26,28)/b22-13-. The fraction of sp³-hybridized carbons (Fsp3) is 0.160. The SMILES string of the molecule is CCOc1cc(/C=C2\SC(=O)N(CC(N)=O)C2=O)ccc1OCc1ccc2ccccc2c1. The summed E-state index contributed by atoms with van der Waals surface area (Å²) in [7, 11) is 0. The number of rotatable bonds is 8. The molecule has 3 aromatic rings. The van der Waals surface area contributed by atoms with Gasteiger partial charge in [-0.3, -0.25) is 19.3 Å². The molecule has 1 heterocycles. The van der Waals surface area contributed by atoms with Gasteiger partial charge in [-0.05, 0) is 64.9 Å². The van der Waals surface area contributed by atoms with E-state index in [1.807, 2.05) is 25.1 Å². The Kier molecular flexibility index (Phi) is 6.65. The van der Waals surface area contributed by atoms with Gasteiger partial charge in [0.15, 0.2) is 11.5 Å². The van der Waals surface area contributed by atoms with Crippen LogP contribution >= 0.6 is 11.8 Å². The molecule has 3 amide bonds. The van der Waals surface area contributed by atoms with E-state index in [4.69, 9.17) is 15.2 Å². The van der Waals surface area contributed by atoms with Crippen LogP contribution in [-0.2, 0) is 16.2 Å². The van der Waals surface area contributed by atoms with Crippen LogP contribution in [0.3, 0.4) is 0 Å². The summed E-state index contributed by atoms with van der Waals surface area (Å²) in [6.07, 6.45) is 1.58. The lowest BCUT2D eigenvalue weighted by Gasteiger charge is -2.13. The summed E-state index contributed by atoms with van der Waals surface area (Å²) >= 11 is 0.769. The number of carbonyl (C=O) groups is 3. The Morgan fingerprint density at radius 1 is 1.00 bits per heavy atom. The van der Waals surface area contributed by atoms with Gasteiger partial charge in [0.1, 0.15) is 13.2 Å². The van der Waals surface area contributed by atoms with E-state index >= 15 is 0 Å². The maximum Gasteiger partial charge on any atom is 0.294 e. The molecule has 8 heteroatoms. The molecule has 1 aliphatic heterocycles. The Hall–Kier alpha value is -3.78. The van der Waals surface area contributed by atoms with Crippen molar-refractivity contribution in [2.24, 2.45) is 5.73 Å². The third-order valence-corrected chi connectivity index (χ3v) is 5.87. The van der Waals surface area contributed by atoms with E-state index in [1.54, 1.807) is 24.3 Å². The van der Waals surface area contributed by atoms with Gasteiger partial charge < -0.3 is 15.2 Å². The van der Waals surface area contributed by atoms with Crippen LogP contribution in [0, 0.1) is 0 Å². The molecule has 0 radical (unpaired) electrons. The maximum atomic E-state index is 12.4. The van der Waals surface area contributed by atoms with Crippen molar-refractivity contribution in [1.82, 2.24) is 4.90 Å². The van der Waals surface area contributed by atoms with Crippen LogP contribution < -0.4 is 15.2 Å². The zero-order valence-electron chi connectivity index (χ0n) is 17.9. The second-order valence-corrected chi connectivity index (χ2v) is 8.34. The lowest BCUT2D eigenvalue weighted by Crippen LogP contribution is -2.36. The van der Waals surface area contributed by atoms with E-state index in [9.17, 15) is 14.4 Å². The van der Waals surface area contributed by atoms with Crippen molar-refractivity contribution < 1.29 is 23.9 Å². The fourth-order valence-electron chi connectivity index (χ4n) is 3.44. The third-order valence-electron chi connectivity index (χ3n) is 4.96. The highest BCUT2D eigenvalue weighted by Gasteiger charge is 2.35. The molecule has 1 fully saturated rings. The number of hydrogen-bond donors (Lipinski definition) is 1. The molecule has 7 nitrogen and oxygen atoms in total. The van der Waals surface area contributed by atoms with E-state index in [-0.39, 0.29) is 4.91 Å². The molecule has 0 spiro atoms. The van der Waals surface area contributed by atoms with E-state index < -0.39 is 23.6 Å². The zero-order valence-corrected chi connectivity index (χ0v) is 18.8. The molecule has 2 N–H and O–H groups in total. The highest BCUT2D eigenvalue weighted by atomic mass is 32.2. The summed E-state index contributed by atoms with van der Waals surface area (Å²) in [6, 6.07) is 19.6. The van der Waals surface area contributed by atoms with Gasteiger partial charge in [0, 0.05) is 0 Å². The van der Waals surface area contributed by atoms with Crippen molar-refractivity contribution >= 4 is 45.7 Å². The number of ether oxygens (including phenoxy) is 2. The average molecular weight is 463 g/mol. The summed E-state index contributed by atoms with van der Waals surface area (Å²) in [6.45, 7) is 2.24. The van der Waals surface area contributed by atoms with Crippen LogP contribution in [0.5, 0.6) is 11.5 Å². The van der Waals surface area contributed by atoms with Gasteiger partial charge in [0.25, 0.3) is 11.1 Å². The predicted molar refractivity (Wildman–Crippen MR) is 128 cm³/mol. The quantitative estimate of drug-likeness (QED) is 0.500. The molecular weight excluding hydrogens is 440 g/mol. The van der Waals surface area contributed by atoms with Gasteiger partial charge in [0.2, 0.25) is 5.91 Å². The summed E-state index contributed by atoms with van der Waals surface area (Å²) in [4.78, 5) is 36.6. The lowest BCUT2D eigenvalue weighted by molar-refractivity contribution is -0.127. The van der Waals surface area contributed by atoms with Crippen LogP contribution in [0.4, 0.5) is 4.79 Å². The van der Waals surface area contributed by atoms with Crippen molar-refractivity contribution in [1.29, 1.82) is 0 Å². The first-order valence-corrected chi connectivity index (χ1v) is 11.2. The Bertz CT molecular complexity index is 1270. The number of imide groups is 1. The third kappa shape index (κ3) is 5.18. The predicted octanol–water partition coefficient (Wildman–Crippen LogP) is 4.34. The lowest BCUT2D eigenvalue weighted by atomic mass is 10.1.